The summed E-state index contributed by atoms with van der Waals surface area (Å²) in [7, 11) is 1.60. The summed E-state index contributed by atoms with van der Waals surface area (Å²) in [4.78, 5) is 14.8. The summed E-state index contributed by atoms with van der Waals surface area (Å²) in [6.45, 7) is 3.97. The van der Waals surface area contributed by atoms with Crippen LogP contribution in [-0.2, 0) is 13.1 Å². The van der Waals surface area contributed by atoms with E-state index >= 15 is 0 Å². The Labute approximate surface area is 149 Å². The minimum Gasteiger partial charge on any atom is -0.497 e. The number of methoxy groups -OCH3 is 1. The fourth-order valence-corrected chi connectivity index (χ4v) is 3.19. The maximum atomic E-state index is 12.2. The lowest BCUT2D eigenvalue weighted by atomic mass is 10.1. The van der Waals surface area contributed by atoms with Crippen molar-refractivity contribution in [2.75, 3.05) is 20.2 Å². The molecule has 1 fully saturated rings. The SMILES string of the molecule is COc1cccc(C(=O)NCc2ccc(CN3CCCCC3)cc2)c1. The van der Waals surface area contributed by atoms with Crippen molar-refractivity contribution in [3.63, 3.8) is 0 Å². The number of hydrogen-bond acceptors (Lipinski definition) is 3. The van der Waals surface area contributed by atoms with E-state index < -0.39 is 0 Å². The molecule has 0 saturated carbocycles. The summed E-state index contributed by atoms with van der Waals surface area (Å²) in [6, 6.07) is 15.7. The molecule has 0 aromatic heterocycles. The molecule has 1 aliphatic heterocycles. The third kappa shape index (κ3) is 5.07. The highest BCUT2D eigenvalue weighted by Crippen LogP contribution is 2.14. The van der Waals surface area contributed by atoms with Crippen molar-refractivity contribution in [1.82, 2.24) is 10.2 Å². The number of amides is 1. The summed E-state index contributed by atoms with van der Waals surface area (Å²) in [5.41, 5.74) is 3.06. The monoisotopic (exact) mass is 338 g/mol. The van der Waals surface area contributed by atoms with Crippen molar-refractivity contribution in [2.45, 2.75) is 32.4 Å². The van der Waals surface area contributed by atoms with Crippen LogP contribution in [0.4, 0.5) is 0 Å². The molecule has 1 heterocycles. The van der Waals surface area contributed by atoms with Crippen molar-refractivity contribution in [3.05, 3.63) is 65.2 Å². The van der Waals surface area contributed by atoms with Gasteiger partial charge in [0.15, 0.2) is 0 Å². The van der Waals surface area contributed by atoms with Crippen LogP contribution < -0.4 is 10.1 Å². The quantitative estimate of drug-likeness (QED) is 0.875. The first-order valence-corrected chi connectivity index (χ1v) is 8.97. The summed E-state index contributed by atoms with van der Waals surface area (Å²) < 4.78 is 5.16. The van der Waals surface area contributed by atoms with Crippen LogP contribution in [0.2, 0.25) is 0 Å². The molecule has 1 saturated heterocycles. The van der Waals surface area contributed by atoms with Crippen LogP contribution in [0.15, 0.2) is 48.5 Å². The van der Waals surface area contributed by atoms with Crippen molar-refractivity contribution >= 4 is 5.91 Å². The topological polar surface area (TPSA) is 41.6 Å². The lowest BCUT2D eigenvalue weighted by Gasteiger charge is -2.26. The number of ether oxygens (including phenoxy) is 1. The van der Waals surface area contributed by atoms with Crippen molar-refractivity contribution in [2.24, 2.45) is 0 Å². The van der Waals surface area contributed by atoms with Crippen molar-refractivity contribution in [1.29, 1.82) is 0 Å². The van der Waals surface area contributed by atoms with Gasteiger partial charge in [-0.25, -0.2) is 0 Å². The molecule has 132 valence electrons. The Hall–Kier alpha value is -2.33. The Bertz CT molecular complexity index is 691. The van der Waals surface area contributed by atoms with Gasteiger partial charge in [0.1, 0.15) is 5.75 Å². The Kier molecular flexibility index (Phi) is 6.07. The van der Waals surface area contributed by atoms with Crippen molar-refractivity contribution in [3.8, 4) is 5.75 Å². The number of carbonyl (C=O) groups is 1. The van der Waals surface area contributed by atoms with E-state index in [1.807, 2.05) is 12.1 Å². The zero-order chi connectivity index (χ0) is 17.5. The van der Waals surface area contributed by atoms with Gasteiger partial charge in [-0.2, -0.15) is 0 Å². The molecular formula is C21H26N2O2. The highest BCUT2D eigenvalue weighted by Gasteiger charge is 2.10. The van der Waals surface area contributed by atoms with Gasteiger partial charge in [0, 0.05) is 18.7 Å². The van der Waals surface area contributed by atoms with Gasteiger partial charge in [-0.15, -0.1) is 0 Å². The molecule has 4 nitrogen and oxygen atoms in total. The van der Waals surface area contributed by atoms with E-state index in [0.29, 0.717) is 17.9 Å². The lowest BCUT2D eigenvalue weighted by molar-refractivity contribution is 0.0950. The number of likely N-dealkylation sites (tertiary alicyclic amines) is 1. The molecule has 1 amide bonds. The van der Waals surface area contributed by atoms with E-state index in [2.05, 4.69) is 34.5 Å². The Balaban J connectivity index is 1.51. The van der Waals surface area contributed by atoms with E-state index in [4.69, 9.17) is 4.74 Å². The van der Waals surface area contributed by atoms with Crippen LogP contribution in [0, 0.1) is 0 Å². The number of carbonyl (C=O) groups excluding carboxylic acids is 1. The molecule has 0 aliphatic carbocycles. The first-order valence-electron chi connectivity index (χ1n) is 8.97. The number of nitrogens with one attached hydrogen (secondary N) is 1. The highest BCUT2D eigenvalue weighted by molar-refractivity contribution is 5.94. The van der Waals surface area contributed by atoms with Crippen LogP contribution in [0.25, 0.3) is 0 Å². The molecule has 2 aromatic rings. The zero-order valence-electron chi connectivity index (χ0n) is 14.8. The Morgan fingerprint density at radius 3 is 2.48 bits per heavy atom. The first kappa shape index (κ1) is 17.5. The number of benzene rings is 2. The first-order chi connectivity index (χ1) is 12.2. The smallest absolute Gasteiger partial charge is 0.251 e. The standard InChI is InChI=1S/C21H26N2O2/c1-25-20-7-5-6-19(14-20)21(24)22-15-17-8-10-18(11-9-17)16-23-12-3-2-4-13-23/h5-11,14H,2-4,12-13,15-16H2,1H3,(H,22,24). The predicted molar refractivity (Wildman–Crippen MR) is 99.7 cm³/mol. The van der Waals surface area contributed by atoms with Gasteiger partial charge in [0.05, 0.1) is 7.11 Å². The van der Waals surface area contributed by atoms with Gasteiger partial charge in [-0.05, 0) is 55.3 Å². The third-order valence-electron chi connectivity index (χ3n) is 4.66. The molecule has 2 aromatic carbocycles. The van der Waals surface area contributed by atoms with Crippen LogP contribution in [0.3, 0.4) is 0 Å². The third-order valence-corrected chi connectivity index (χ3v) is 4.66. The van der Waals surface area contributed by atoms with Crippen LogP contribution >= 0.6 is 0 Å². The number of nitrogens with zero attached hydrogens (tertiary/aromatic N) is 1. The van der Waals surface area contributed by atoms with Gasteiger partial charge in [-0.3, -0.25) is 9.69 Å². The second-order valence-corrected chi connectivity index (χ2v) is 6.57. The van der Waals surface area contributed by atoms with Crippen LogP contribution in [0.5, 0.6) is 5.75 Å². The second-order valence-electron chi connectivity index (χ2n) is 6.57. The second kappa shape index (κ2) is 8.67. The summed E-state index contributed by atoms with van der Waals surface area (Å²) in [5, 5.41) is 2.96. The van der Waals surface area contributed by atoms with Gasteiger partial charge in [0.2, 0.25) is 0 Å². The summed E-state index contributed by atoms with van der Waals surface area (Å²) in [6.07, 6.45) is 3.99. The Morgan fingerprint density at radius 2 is 1.76 bits per heavy atom. The van der Waals surface area contributed by atoms with Gasteiger partial charge in [0.25, 0.3) is 5.91 Å². The normalized spacial score (nSPS) is 14.9. The highest BCUT2D eigenvalue weighted by atomic mass is 16.5. The molecule has 1 aliphatic rings. The molecule has 3 rings (SSSR count). The fourth-order valence-electron chi connectivity index (χ4n) is 3.19. The molecule has 0 atom stereocenters. The van der Waals surface area contributed by atoms with Gasteiger partial charge >= 0.3 is 0 Å². The van der Waals surface area contributed by atoms with E-state index in [1.165, 1.54) is 37.9 Å². The minimum absolute atomic E-state index is 0.0868. The zero-order valence-corrected chi connectivity index (χ0v) is 14.8. The molecule has 4 heteroatoms. The van der Waals surface area contributed by atoms with Crippen LogP contribution in [0.1, 0.15) is 40.7 Å². The van der Waals surface area contributed by atoms with E-state index in [1.54, 1.807) is 19.2 Å². The summed E-state index contributed by atoms with van der Waals surface area (Å²) >= 11 is 0. The molecule has 25 heavy (non-hydrogen) atoms. The average Bonchev–Trinajstić information content (AvgIpc) is 2.68. The lowest BCUT2D eigenvalue weighted by Crippen LogP contribution is -2.29. The average molecular weight is 338 g/mol. The molecule has 0 radical (unpaired) electrons. The molecule has 0 unspecified atom stereocenters. The van der Waals surface area contributed by atoms with Crippen LogP contribution in [-0.4, -0.2) is 31.0 Å². The predicted octanol–water partition coefficient (Wildman–Crippen LogP) is 3.61. The largest absolute Gasteiger partial charge is 0.497 e. The van der Waals surface area contributed by atoms with E-state index in [-0.39, 0.29) is 5.91 Å². The molecule has 0 bridgehead atoms. The number of rotatable bonds is 6. The molecule has 0 spiro atoms. The number of hydrogen-bond donors (Lipinski definition) is 1. The molecule has 1 N–H and O–H groups in total. The minimum atomic E-state index is -0.0868. The van der Waals surface area contributed by atoms with Crippen molar-refractivity contribution < 1.29 is 9.53 Å². The van der Waals surface area contributed by atoms with E-state index in [0.717, 1.165) is 12.1 Å². The van der Waals surface area contributed by atoms with E-state index in [9.17, 15) is 4.79 Å². The summed E-state index contributed by atoms with van der Waals surface area (Å²) in [5.74, 6) is 0.603. The maximum Gasteiger partial charge on any atom is 0.251 e. The maximum absolute atomic E-state index is 12.2. The van der Waals surface area contributed by atoms with Gasteiger partial charge in [-0.1, -0.05) is 36.8 Å². The fraction of sp³-hybridized carbons (Fsp3) is 0.381. The Morgan fingerprint density at radius 1 is 1.04 bits per heavy atom. The molecular weight excluding hydrogens is 312 g/mol. The number of piperidine rings is 1. The van der Waals surface area contributed by atoms with Gasteiger partial charge < -0.3 is 10.1 Å².